The highest BCUT2D eigenvalue weighted by Gasteiger charge is 2.30. The fourth-order valence-electron chi connectivity index (χ4n) is 2.27. The molecule has 26 heavy (non-hydrogen) atoms. The first-order chi connectivity index (χ1) is 12.5. The second-order valence-corrected chi connectivity index (χ2v) is 5.07. The highest BCUT2D eigenvalue weighted by Crippen LogP contribution is 2.29. The van der Waals surface area contributed by atoms with Crippen LogP contribution in [0.1, 0.15) is 34.6 Å². The molecule has 0 unspecified atom stereocenters. The number of ether oxygens (including phenoxy) is 4. The van der Waals surface area contributed by atoms with Gasteiger partial charge < -0.3 is 18.9 Å². The predicted octanol–water partition coefficient (Wildman–Crippen LogP) is 1.47. The fourth-order valence-corrected chi connectivity index (χ4v) is 2.27. The quantitative estimate of drug-likeness (QED) is 0.640. The lowest BCUT2D eigenvalue weighted by atomic mass is 9.93. The maximum atomic E-state index is 12.5. The van der Waals surface area contributed by atoms with Crippen LogP contribution in [0.2, 0.25) is 0 Å². The Morgan fingerprint density at radius 2 is 1.54 bits per heavy atom. The van der Waals surface area contributed by atoms with Crippen molar-refractivity contribution in [1.29, 1.82) is 0 Å². The largest absolute Gasteiger partial charge is 0.481 e. The molecule has 0 fully saturated rings. The Morgan fingerprint density at radius 1 is 0.923 bits per heavy atom. The van der Waals surface area contributed by atoms with Crippen LogP contribution in [-0.2, 0) is 23.8 Å². The van der Waals surface area contributed by atoms with Gasteiger partial charge in [-0.2, -0.15) is 0 Å². The summed E-state index contributed by atoms with van der Waals surface area (Å²) in [6, 6.07) is 4.42. The summed E-state index contributed by atoms with van der Waals surface area (Å²) in [7, 11) is 0. The van der Waals surface area contributed by atoms with Crippen molar-refractivity contribution in [3.05, 3.63) is 41.2 Å². The molecule has 8 heteroatoms. The molecule has 2 rings (SSSR count). The van der Waals surface area contributed by atoms with Gasteiger partial charge in [-0.25, -0.2) is 9.59 Å². The van der Waals surface area contributed by atoms with Gasteiger partial charge in [-0.05, 0) is 26.0 Å². The third-order valence-electron chi connectivity index (χ3n) is 3.30. The van der Waals surface area contributed by atoms with Gasteiger partial charge in [0.15, 0.2) is 24.8 Å². The summed E-state index contributed by atoms with van der Waals surface area (Å²) >= 11 is 0. The molecule has 1 aromatic rings. The molecule has 1 aliphatic rings. The molecule has 1 aliphatic carbocycles. The number of hydrogen-bond acceptors (Lipinski definition) is 8. The summed E-state index contributed by atoms with van der Waals surface area (Å²) in [5.41, 5.74) is 0.100. The number of ketones is 2. The molecule has 0 saturated heterocycles. The minimum absolute atomic E-state index is 0.0327. The molecule has 0 radical (unpaired) electrons. The minimum Gasteiger partial charge on any atom is -0.481 e. The molecule has 0 heterocycles. The van der Waals surface area contributed by atoms with Crippen molar-refractivity contribution in [2.75, 3.05) is 26.4 Å². The van der Waals surface area contributed by atoms with Gasteiger partial charge in [-0.1, -0.05) is 6.07 Å². The van der Waals surface area contributed by atoms with Crippen molar-refractivity contribution in [2.45, 2.75) is 13.8 Å². The van der Waals surface area contributed by atoms with E-state index in [-0.39, 0.29) is 42.5 Å². The van der Waals surface area contributed by atoms with Crippen molar-refractivity contribution >= 4 is 23.5 Å². The number of Topliss-reactive ketones (excluding diaryl/α,β-unsaturated/α-hetero) is 1. The Balaban J connectivity index is 2.17. The molecule has 0 N–H and O–H groups in total. The lowest BCUT2D eigenvalue weighted by Gasteiger charge is -2.18. The predicted molar refractivity (Wildman–Crippen MR) is 87.9 cm³/mol. The van der Waals surface area contributed by atoms with Crippen molar-refractivity contribution in [3.8, 4) is 5.75 Å². The van der Waals surface area contributed by atoms with Gasteiger partial charge in [0, 0.05) is 11.6 Å². The Hall–Kier alpha value is -3.16. The Labute approximate surface area is 149 Å². The SMILES string of the molecule is CCOC(=O)COC1=CC(=O)c2c(OCC(=O)OCC)cccc2C1=O. The smallest absolute Gasteiger partial charge is 0.344 e. The number of carbonyl (C=O) groups is 4. The van der Waals surface area contributed by atoms with Gasteiger partial charge in [0.05, 0.1) is 18.8 Å². The topological polar surface area (TPSA) is 105 Å². The number of rotatable bonds is 8. The molecular weight excluding hydrogens is 344 g/mol. The molecule has 8 nitrogen and oxygen atoms in total. The van der Waals surface area contributed by atoms with E-state index >= 15 is 0 Å². The first kappa shape index (κ1) is 19.2. The number of carbonyl (C=O) groups excluding carboxylic acids is 4. The molecule has 1 aromatic carbocycles. The third kappa shape index (κ3) is 4.47. The number of hydrogen-bond donors (Lipinski definition) is 0. The molecule has 0 spiro atoms. The van der Waals surface area contributed by atoms with Crippen LogP contribution >= 0.6 is 0 Å². The van der Waals surface area contributed by atoms with Gasteiger partial charge in [0.25, 0.3) is 0 Å². The lowest BCUT2D eigenvalue weighted by Crippen LogP contribution is -2.23. The van der Waals surface area contributed by atoms with E-state index in [4.69, 9.17) is 18.9 Å². The van der Waals surface area contributed by atoms with Crippen molar-refractivity contribution in [2.24, 2.45) is 0 Å². The lowest BCUT2D eigenvalue weighted by molar-refractivity contribution is -0.147. The van der Waals surface area contributed by atoms with E-state index in [1.165, 1.54) is 18.2 Å². The van der Waals surface area contributed by atoms with Crippen LogP contribution in [0.25, 0.3) is 0 Å². The zero-order valence-electron chi connectivity index (χ0n) is 14.4. The first-order valence-electron chi connectivity index (χ1n) is 7.98. The fraction of sp³-hybridized carbons (Fsp3) is 0.333. The van der Waals surface area contributed by atoms with Crippen LogP contribution in [-0.4, -0.2) is 49.9 Å². The Morgan fingerprint density at radius 3 is 2.15 bits per heavy atom. The van der Waals surface area contributed by atoms with Crippen molar-refractivity contribution in [1.82, 2.24) is 0 Å². The second kappa shape index (κ2) is 8.80. The second-order valence-electron chi connectivity index (χ2n) is 5.07. The van der Waals surface area contributed by atoms with E-state index < -0.39 is 30.1 Å². The van der Waals surface area contributed by atoms with E-state index in [0.29, 0.717) is 0 Å². The van der Waals surface area contributed by atoms with Crippen LogP contribution in [0.4, 0.5) is 0 Å². The van der Waals surface area contributed by atoms with Crippen LogP contribution < -0.4 is 4.74 Å². The number of esters is 2. The number of allylic oxidation sites excluding steroid dienone is 2. The summed E-state index contributed by atoms with van der Waals surface area (Å²) < 4.78 is 19.9. The average molecular weight is 362 g/mol. The van der Waals surface area contributed by atoms with Crippen molar-refractivity contribution < 1.29 is 38.1 Å². The Kier molecular flexibility index (Phi) is 6.48. The maximum absolute atomic E-state index is 12.5. The van der Waals surface area contributed by atoms with Crippen LogP contribution in [0, 0.1) is 0 Å². The maximum Gasteiger partial charge on any atom is 0.344 e. The molecule has 0 aliphatic heterocycles. The minimum atomic E-state index is -0.647. The molecule has 0 aromatic heterocycles. The summed E-state index contributed by atoms with van der Waals surface area (Å²) in [5, 5.41) is 0. The zero-order valence-corrected chi connectivity index (χ0v) is 14.4. The van der Waals surface area contributed by atoms with Gasteiger partial charge >= 0.3 is 11.9 Å². The van der Waals surface area contributed by atoms with Gasteiger partial charge in [0.2, 0.25) is 5.78 Å². The van der Waals surface area contributed by atoms with Gasteiger partial charge in [-0.15, -0.1) is 0 Å². The van der Waals surface area contributed by atoms with Crippen LogP contribution in [0.3, 0.4) is 0 Å². The highest BCUT2D eigenvalue weighted by atomic mass is 16.6. The number of benzene rings is 1. The summed E-state index contributed by atoms with van der Waals surface area (Å²) in [5.74, 6) is -2.49. The van der Waals surface area contributed by atoms with E-state index in [0.717, 1.165) is 6.08 Å². The van der Waals surface area contributed by atoms with Gasteiger partial charge in [0.1, 0.15) is 5.75 Å². The highest BCUT2D eigenvalue weighted by molar-refractivity contribution is 6.24. The standard InChI is InChI=1S/C18H18O8/c1-3-23-15(20)9-25-13-7-5-6-11-17(13)12(19)8-14(18(11)22)26-10-16(21)24-4-2/h5-8H,3-4,9-10H2,1-2H3. The molecule has 0 amide bonds. The zero-order chi connectivity index (χ0) is 19.1. The summed E-state index contributed by atoms with van der Waals surface area (Å²) in [6.07, 6.45) is 0.987. The van der Waals surface area contributed by atoms with E-state index in [1.54, 1.807) is 13.8 Å². The number of fused-ring (bicyclic) bond motifs is 1. The van der Waals surface area contributed by atoms with E-state index in [1.807, 2.05) is 0 Å². The third-order valence-corrected chi connectivity index (χ3v) is 3.30. The normalized spacial score (nSPS) is 12.8. The molecule has 138 valence electrons. The van der Waals surface area contributed by atoms with Crippen LogP contribution in [0.5, 0.6) is 5.75 Å². The van der Waals surface area contributed by atoms with E-state index in [2.05, 4.69) is 0 Å². The molecule has 0 bridgehead atoms. The average Bonchev–Trinajstić information content (AvgIpc) is 2.62. The van der Waals surface area contributed by atoms with Gasteiger partial charge in [-0.3, -0.25) is 9.59 Å². The first-order valence-corrected chi connectivity index (χ1v) is 7.98. The molecule has 0 atom stereocenters. The molecular formula is C18H18O8. The molecule has 0 saturated carbocycles. The van der Waals surface area contributed by atoms with E-state index in [9.17, 15) is 19.2 Å². The van der Waals surface area contributed by atoms with Crippen LogP contribution in [0.15, 0.2) is 30.0 Å². The monoisotopic (exact) mass is 362 g/mol. The summed E-state index contributed by atoms with van der Waals surface area (Å²) in [4.78, 5) is 47.6. The Bertz CT molecular complexity index is 762. The van der Waals surface area contributed by atoms with Crippen molar-refractivity contribution in [3.63, 3.8) is 0 Å². The summed E-state index contributed by atoms with van der Waals surface area (Å²) in [6.45, 7) is 2.82.